The Morgan fingerprint density at radius 1 is 1.22 bits per heavy atom. The van der Waals surface area contributed by atoms with E-state index in [-0.39, 0.29) is 18.8 Å². The minimum Gasteiger partial charge on any atom is -0.473 e. The predicted octanol–water partition coefficient (Wildman–Crippen LogP) is 2.66. The maximum atomic E-state index is 11.4. The van der Waals surface area contributed by atoms with Crippen LogP contribution in [0.5, 0.6) is 5.75 Å². The number of nitrogens with one attached hydrogen (secondary N) is 2. The summed E-state index contributed by atoms with van der Waals surface area (Å²) < 4.78 is 5.63. The number of carbonyl (C=O) groups excluding carboxylic acids is 1. The summed E-state index contributed by atoms with van der Waals surface area (Å²) >= 11 is 0. The molecule has 0 spiro atoms. The molecule has 4 heteroatoms. The van der Waals surface area contributed by atoms with Crippen LogP contribution in [-0.4, -0.2) is 18.8 Å². The van der Waals surface area contributed by atoms with Gasteiger partial charge in [-0.05, 0) is 51.3 Å². The summed E-state index contributed by atoms with van der Waals surface area (Å²) in [5, 5.41) is 5.40. The van der Waals surface area contributed by atoms with Gasteiger partial charge >= 0.3 is 6.03 Å². The van der Waals surface area contributed by atoms with Gasteiger partial charge in [-0.25, -0.2) is 4.79 Å². The summed E-state index contributed by atoms with van der Waals surface area (Å²) in [5.41, 5.74) is 3.37. The van der Waals surface area contributed by atoms with Gasteiger partial charge in [0.15, 0.2) is 6.73 Å². The quantitative estimate of drug-likeness (QED) is 0.807. The van der Waals surface area contributed by atoms with Crippen LogP contribution in [-0.2, 0) is 0 Å². The van der Waals surface area contributed by atoms with Crippen molar-refractivity contribution in [3.63, 3.8) is 0 Å². The minimum atomic E-state index is -0.215. The highest BCUT2D eigenvalue weighted by Crippen LogP contribution is 2.25. The van der Waals surface area contributed by atoms with Crippen molar-refractivity contribution in [2.75, 3.05) is 6.73 Å². The average Bonchev–Trinajstić information content (AvgIpc) is 2.27. The first kappa shape index (κ1) is 14.4. The molecule has 1 rings (SSSR count). The van der Waals surface area contributed by atoms with Crippen LogP contribution in [0.4, 0.5) is 4.79 Å². The van der Waals surface area contributed by atoms with Gasteiger partial charge in [0.05, 0.1) is 0 Å². The SMILES string of the molecule is Cc1ccc(C)c(OCNC(=O)NC(C)C)c1C. The first-order valence-electron chi connectivity index (χ1n) is 6.15. The van der Waals surface area contributed by atoms with E-state index in [2.05, 4.69) is 16.7 Å². The van der Waals surface area contributed by atoms with Crippen LogP contribution < -0.4 is 15.4 Å². The molecule has 0 saturated carbocycles. The van der Waals surface area contributed by atoms with Crippen molar-refractivity contribution in [3.05, 3.63) is 28.8 Å². The van der Waals surface area contributed by atoms with Gasteiger partial charge in [-0.1, -0.05) is 12.1 Å². The Hall–Kier alpha value is -1.71. The van der Waals surface area contributed by atoms with E-state index in [1.807, 2.05) is 40.7 Å². The van der Waals surface area contributed by atoms with Crippen LogP contribution in [0.15, 0.2) is 12.1 Å². The molecule has 0 radical (unpaired) electrons. The fourth-order valence-electron chi connectivity index (χ4n) is 1.63. The number of hydrogen-bond acceptors (Lipinski definition) is 2. The summed E-state index contributed by atoms with van der Waals surface area (Å²) in [7, 11) is 0. The standard InChI is InChI=1S/C14H22N2O2/c1-9(2)16-14(17)15-8-18-13-11(4)7-6-10(3)12(13)5/h6-7,9H,8H2,1-5H3,(H2,15,16,17). The fourth-order valence-corrected chi connectivity index (χ4v) is 1.63. The molecule has 0 aromatic heterocycles. The number of benzene rings is 1. The van der Waals surface area contributed by atoms with Gasteiger partial charge in [-0.2, -0.15) is 0 Å². The molecule has 0 unspecified atom stereocenters. The van der Waals surface area contributed by atoms with Gasteiger partial charge in [0.2, 0.25) is 0 Å². The van der Waals surface area contributed by atoms with Crippen molar-refractivity contribution in [3.8, 4) is 5.75 Å². The Balaban J connectivity index is 2.54. The van der Waals surface area contributed by atoms with Crippen molar-refractivity contribution in [1.29, 1.82) is 0 Å². The Morgan fingerprint density at radius 3 is 2.44 bits per heavy atom. The molecule has 0 aliphatic rings. The van der Waals surface area contributed by atoms with Crippen LogP contribution in [0.2, 0.25) is 0 Å². The average molecular weight is 250 g/mol. The molecule has 100 valence electrons. The van der Waals surface area contributed by atoms with E-state index in [0.29, 0.717) is 0 Å². The third-order valence-electron chi connectivity index (χ3n) is 2.74. The molecule has 4 nitrogen and oxygen atoms in total. The molecule has 0 fully saturated rings. The molecule has 0 atom stereocenters. The lowest BCUT2D eigenvalue weighted by atomic mass is 10.1. The van der Waals surface area contributed by atoms with Gasteiger partial charge in [-0.15, -0.1) is 0 Å². The van der Waals surface area contributed by atoms with Crippen molar-refractivity contribution in [2.24, 2.45) is 0 Å². The Labute approximate surface area is 109 Å². The molecule has 1 aromatic carbocycles. The Morgan fingerprint density at radius 2 is 1.83 bits per heavy atom. The summed E-state index contributed by atoms with van der Waals surface area (Å²) in [5.74, 6) is 0.847. The van der Waals surface area contributed by atoms with Crippen LogP contribution >= 0.6 is 0 Å². The molecule has 2 amide bonds. The molecule has 1 aromatic rings. The second-order valence-corrected chi connectivity index (χ2v) is 4.75. The topological polar surface area (TPSA) is 50.4 Å². The second-order valence-electron chi connectivity index (χ2n) is 4.75. The summed E-state index contributed by atoms with van der Waals surface area (Å²) in [6.07, 6.45) is 0. The summed E-state index contributed by atoms with van der Waals surface area (Å²) in [4.78, 5) is 11.4. The fraction of sp³-hybridized carbons (Fsp3) is 0.500. The number of hydrogen-bond donors (Lipinski definition) is 2. The van der Waals surface area contributed by atoms with E-state index in [1.165, 1.54) is 5.56 Å². The van der Waals surface area contributed by atoms with Crippen molar-refractivity contribution >= 4 is 6.03 Å². The van der Waals surface area contributed by atoms with E-state index < -0.39 is 0 Å². The number of aryl methyl sites for hydroxylation is 2. The van der Waals surface area contributed by atoms with E-state index in [4.69, 9.17) is 4.74 Å². The Kier molecular flexibility index (Phi) is 5.01. The lowest BCUT2D eigenvalue weighted by Crippen LogP contribution is -2.41. The van der Waals surface area contributed by atoms with Crippen molar-refractivity contribution in [2.45, 2.75) is 40.7 Å². The maximum absolute atomic E-state index is 11.4. The van der Waals surface area contributed by atoms with Crippen molar-refractivity contribution in [1.82, 2.24) is 10.6 Å². The highest BCUT2D eigenvalue weighted by Gasteiger charge is 2.07. The van der Waals surface area contributed by atoms with Crippen LogP contribution in [0, 0.1) is 20.8 Å². The summed E-state index contributed by atoms with van der Waals surface area (Å²) in [6.45, 7) is 10.1. The van der Waals surface area contributed by atoms with Gasteiger partial charge in [0.1, 0.15) is 5.75 Å². The number of carbonyl (C=O) groups is 1. The molecule has 0 heterocycles. The zero-order chi connectivity index (χ0) is 13.7. The largest absolute Gasteiger partial charge is 0.473 e. The molecule has 0 aliphatic heterocycles. The number of urea groups is 1. The van der Waals surface area contributed by atoms with E-state index in [1.54, 1.807) is 0 Å². The third kappa shape index (κ3) is 3.95. The third-order valence-corrected chi connectivity index (χ3v) is 2.74. The van der Waals surface area contributed by atoms with Gasteiger partial charge in [0.25, 0.3) is 0 Å². The van der Waals surface area contributed by atoms with Crippen LogP contribution in [0.25, 0.3) is 0 Å². The number of rotatable bonds is 4. The Bertz CT molecular complexity index is 428. The van der Waals surface area contributed by atoms with E-state index in [9.17, 15) is 4.79 Å². The predicted molar refractivity (Wildman–Crippen MR) is 73.0 cm³/mol. The second kappa shape index (κ2) is 6.28. The molecule has 0 aliphatic carbocycles. The van der Waals surface area contributed by atoms with Crippen LogP contribution in [0.3, 0.4) is 0 Å². The van der Waals surface area contributed by atoms with Gasteiger partial charge in [0, 0.05) is 6.04 Å². The maximum Gasteiger partial charge on any atom is 0.317 e. The first-order valence-corrected chi connectivity index (χ1v) is 6.15. The molecule has 18 heavy (non-hydrogen) atoms. The monoisotopic (exact) mass is 250 g/mol. The van der Waals surface area contributed by atoms with Gasteiger partial charge < -0.3 is 15.4 Å². The zero-order valence-corrected chi connectivity index (χ0v) is 11.8. The highest BCUT2D eigenvalue weighted by molar-refractivity contribution is 5.73. The smallest absolute Gasteiger partial charge is 0.317 e. The normalized spacial score (nSPS) is 10.3. The molecule has 2 N–H and O–H groups in total. The molecule has 0 saturated heterocycles. The summed E-state index contributed by atoms with van der Waals surface area (Å²) in [6, 6.07) is 3.99. The molecular weight excluding hydrogens is 228 g/mol. The lowest BCUT2D eigenvalue weighted by Gasteiger charge is -2.15. The highest BCUT2D eigenvalue weighted by atomic mass is 16.5. The van der Waals surface area contributed by atoms with Crippen molar-refractivity contribution < 1.29 is 9.53 Å². The van der Waals surface area contributed by atoms with Crippen LogP contribution in [0.1, 0.15) is 30.5 Å². The zero-order valence-electron chi connectivity index (χ0n) is 11.8. The lowest BCUT2D eigenvalue weighted by molar-refractivity contribution is 0.221. The number of ether oxygens (including phenoxy) is 1. The van der Waals surface area contributed by atoms with Gasteiger partial charge in [-0.3, -0.25) is 0 Å². The number of amides is 2. The van der Waals surface area contributed by atoms with E-state index >= 15 is 0 Å². The molecule has 0 bridgehead atoms. The van der Waals surface area contributed by atoms with E-state index in [0.717, 1.165) is 16.9 Å². The molecular formula is C14H22N2O2. The minimum absolute atomic E-state index is 0.118. The first-order chi connectivity index (χ1) is 8.41.